The first-order valence-electron chi connectivity index (χ1n) is 10.5. The minimum Gasteiger partial charge on any atom is -0.385 e. The van der Waals surface area contributed by atoms with Crippen molar-refractivity contribution in [3.63, 3.8) is 0 Å². The Labute approximate surface area is 193 Å². The molecule has 9 heteroatoms. The molecule has 0 aromatic heterocycles. The molecule has 0 aliphatic carbocycles. The molecule has 2 rings (SSSR count). The number of hydrogen-bond donors (Lipinski definition) is 2. The van der Waals surface area contributed by atoms with Crippen molar-refractivity contribution < 1.29 is 14.4 Å². The summed E-state index contributed by atoms with van der Waals surface area (Å²) >= 11 is 1.50. The van der Waals surface area contributed by atoms with Crippen LogP contribution in [0.2, 0.25) is 0 Å². The summed E-state index contributed by atoms with van der Waals surface area (Å²) in [5.74, 6) is 1.02. The fourth-order valence-corrected chi connectivity index (χ4v) is 5.01. The molecule has 0 bridgehead atoms. The van der Waals surface area contributed by atoms with Crippen molar-refractivity contribution in [2.24, 2.45) is 5.92 Å². The average Bonchev–Trinajstić information content (AvgIpc) is 3.09. The second kappa shape index (κ2) is 12.0. The molecule has 0 radical (unpaired) electrons. The van der Waals surface area contributed by atoms with E-state index in [9.17, 15) is 19.6 Å². The third kappa shape index (κ3) is 6.41. The van der Waals surface area contributed by atoms with Gasteiger partial charge in [-0.05, 0) is 31.5 Å². The molecule has 0 spiro atoms. The van der Waals surface area contributed by atoms with Crippen LogP contribution in [-0.4, -0.2) is 59.9 Å². The number of hydrogen-bond acceptors (Lipinski definition) is 6. The van der Waals surface area contributed by atoms with E-state index < -0.39 is 11.8 Å². The molecule has 2 N–H and O–H groups in total. The molecule has 3 unspecified atom stereocenters. The molecule has 3 atom stereocenters. The van der Waals surface area contributed by atoms with Gasteiger partial charge in [0, 0.05) is 44.9 Å². The predicted molar refractivity (Wildman–Crippen MR) is 127 cm³/mol. The molecule has 170 valence electrons. The van der Waals surface area contributed by atoms with Crippen LogP contribution in [0.1, 0.15) is 26.7 Å². The van der Waals surface area contributed by atoms with Crippen LogP contribution in [0.3, 0.4) is 0 Å². The number of thioether (sulfide) groups is 1. The number of anilines is 2. The maximum absolute atomic E-state index is 12.8. The van der Waals surface area contributed by atoms with Crippen molar-refractivity contribution in [2.75, 3.05) is 36.9 Å². The molecule has 1 aliphatic heterocycles. The minimum absolute atomic E-state index is 0.0232. The number of rotatable bonds is 10. The van der Waals surface area contributed by atoms with E-state index in [0.717, 1.165) is 11.4 Å². The number of carbonyl (C=O) groups is 3. The van der Waals surface area contributed by atoms with Crippen molar-refractivity contribution >= 4 is 40.9 Å². The third-order valence-electron chi connectivity index (χ3n) is 5.28. The highest BCUT2D eigenvalue weighted by Crippen LogP contribution is 2.37. The van der Waals surface area contributed by atoms with E-state index >= 15 is 0 Å². The Hall–Kier alpha value is -3.17. The van der Waals surface area contributed by atoms with Crippen LogP contribution in [-0.2, 0) is 14.4 Å². The quantitative estimate of drug-likeness (QED) is 0.523. The Morgan fingerprint density at radius 2 is 2.16 bits per heavy atom. The Morgan fingerprint density at radius 1 is 1.41 bits per heavy atom. The van der Waals surface area contributed by atoms with Crippen molar-refractivity contribution in [2.45, 2.75) is 37.3 Å². The molecule has 0 saturated carbocycles. The maximum Gasteiger partial charge on any atom is 0.238 e. The lowest BCUT2D eigenvalue weighted by Gasteiger charge is -2.23. The summed E-state index contributed by atoms with van der Waals surface area (Å²) in [6, 6.07) is 9.55. The number of benzene rings is 1. The predicted octanol–water partition coefficient (Wildman–Crippen LogP) is 2.04. The maximum atomic E-state index is 12.8. The number of nitrogens with zero attached hydrogens (tertiary/aromatic N) is 3. The van der Waals surface area contributed by atoms with E-state index in [2.05, 4.69) is 16.6 Å². The molecule has 8 nitrogen and oxygen atoms in total. The lowest BCUT2D eigenvalue weighted by atomic mass is 10.1. The average molecular weight is 456 g/mol. The van der Waals surface area contributed by atoms with Crippen LogP contribution >= 0.6 is 11.8 Å². The summed E-state index contributed by atoms with van der Waals surface area (Å²) in [6.45, 7) is 4.57. The first-order valence-corrected chi connectivity index (χ1v) is 11.4. The topological polar surface area (TPSA) is 106 Å². The fraction of sp³-hybridized carbons (Fsp3) is 0.478. The number of amides is 3. The first-order chi connectivity index (χ1) is 15.3. The third-order valence-corrected chi connectivity index (χ3v) is 6.81. The van der Waals surface area contributed by atoms with E-state index in [0.29, 0.717) is 19.5 Å². The molecule has 1 aromatic carbocycles. The minimum atomic E-state index is -0.861. The van der Waals surface area contributed by atoms with Gasteiger partial charge in [0.05, 0.1) is 23.2 Å². The Morgan fingerprint density at radius 3 is 2.78 bits per heavy atom. The highest BCUT2D eigenvalue weighted by molar-refractivity contribution is 8.01. The number of nitriles is 1. The van der Waals surface area contributed by atoms with Gasteiger partial charge in [-0.3, -0.25) is 14.4 Å². The summed E-state index contributed by atoms with van der Waals surface area (Å²) in [7, 11) is 1.72. The smallest absolute Gasteiger partial charge is 0.238 e. The molecular formula is C23H29N5O3S. The van der Waals surface area contributed by atoms with Gasteiger partial charge in [0.1, 0.15) is 5.92 Å². The summed E-state index contributed by atoms with van der Waals surface area (Å²) in [4.78, 5) is 39.9. The number of terminal acetylenes is 1. The summed E-state index contributed by atoms with van der Waals surface area (Å²) in [5.41, 5.74) is 1.65. The van der Waals surface area contributed by atoms with Crippen molar-refractivity contribution in [1.82, 2.24) is 10.2 Å². The van der Waals surface area contributed by atoms with Crippen LogP contribution < -0.4 is 15.5 Å². The fourth-order valence-electron chi connectivity index (χ4n) is 3.42. The van der Waals surface area contributed by atoms with Crippen LogP contribution in [0.15, 0.2) is 24.3 Å². The van der Waals surface area contributed by atoms with Crippen LogP contribution in [0.4, 0.5) is 11.4 Å². The highest BCUT2D eigenvalue weighted by Gasteiger charge is 2.40. The van der Waals surface area contributed by atoms with Crippen LogP contribution in [0, 0.1) is 29.6 Å². The van der Waals surface area contributed by atoms with Crippen molar-refractivity contribution in [3.8, 4) is 18.4 Å². The van der Waals surface area contributed by atoms with Gasteiger partial charge >= 0.3 is 0 Å². The lowest BCUT2D eigenvalue weighted by molar-refractivity contribution is -0.131. The van der Waals surface area contributed by atoms with Gasteiger partial charge < -0.3 is 20.4 Å². The Kier molecular flexibility index (Phi) is 9.42. The molecule has 32 heavy (non-hydrogen) atoms. The molecule has 1 heterocycles. The number of nitrogens with one attached hydrogen (secondary N) is 2. The van der Waals surface area contributed by atoms with Crippen LogP contribution in [0.25, 0.3) is 0 Å². The van der Waals surface area contributed by atoms with E-state index in [-0.39, 0.29) is 35.4 Å². The van der Waals surface area contributed by atoms with Crippen molar-refractivity contribution in [3.05, 3.63) is 24.3 Å². The Balaban J connectivity index is 1.95. The zero-order valence-electron chi connectivity index (χ0n) is 18.6. The summed E-state index contributed by atoms with van der Waals surface area (Å²) in [5, 5.41) is 14.8. The summed E-state index contributed by atoms with van der Waals surface area (Å²) in [6.07, 6.45) is 6.02. The van der Waals surface area contributed by atoms with E-state index in [1.54, 1.807) is 16.8 Å². The molecule has 1 aromatic rings. The van der Waals surface area contributed by atoms with Crippen molar-refractivity contribution in [1.29, 1.82) is 5.26 Å². The zero-order chi connectivity index (χ0) is 23.7. The van der Waals surface area contributed by atoms with Crippen LogP contribution in [0.5, 0.6) is 0 Å². The van der Waals surface area contributed by atoms with E-state index in [1.807, 2.05) is 37.3 Å². The Bertz CT molecular complexity index is 923. The second-order valence-electron chi connectivity index (χ2n) is 7.39. The standard InChI is InChI=1S/C23H29N5O3S/c1-5-11-26-22(30)17(15-24)13-21-28(6-2)23(31)20(32-21)10-12-25-18-8-7-9-19(14-18)27(4)16(3)29/h1,7-9,14,17,20-21,25H,6,10-13H2,2-4H3,(H,26,30). The zero-order valence-corrected chi connectivity index (χ0v) is 19.4. The normalized spacial score (nSPS) is 18.4. The van der Waals surface area contributed by atoms with Gasteiger partial charge in [-0.1, -0.05) is 12.0 Å². The molecule has 1 fully saturated rings. The number of carbonyl (C=O) groups excluding carboxylic acids is 3. The summed E-state index contributed by atoms with van der Waals surface area (Å²) < 4.78 is 0. The SMILES string of the molecule is C#CCNC(=O)C(C#N)CC1SC(CCNc2cccc(N(C)C(C)=O)c2)C(=O)N1CC. The van der Waals surface area contributed by atoms with E-state index in [4.69, 9.17) is 6.42 Å². The molecule has 1 aliphatic rings. The largest absolute Gasteiger partial charge is 0.385 e. The molecule has 1 saturated heterocycles. The highest BCUT2D eigenvalue weighted by atomic mass is 32.2. The lowest BCUT2D eigenvalue weighted by Crippen LogP contribution is -2.38. The van der Waals surface area contributed by atoms with Gasteiger partial charge in [-0.15, -0.1) is 18.2 Å². The van der Waals surface area contributed by atoms with Gasteiger partial charge in [0.15, 0.2) is 0 Å². The first kappa shape index (κ1) is 25.1. The van der Waals surface area contributed by atoms with Gasteiger partial charge in [-0.25, -0.2) is 0 Å². The monoisotopic (exact) mass is 455 g/mol. The van der Waals surface area contributed by atoms with Gasteiger partial charge in [-0.2, -0.15) is 5.26 Å². The molecule has 3 amide bonds. The van der Waals surface area contributed by atoms with E-state index in [1.165, 1.54) is 18.7 Å². The van der Waals surface area contributed by atoms with Gasteiger partial charge in [0.2, 0.25) is 17.7 Å². The van der Waals surface area contributed by atoms with Gasteiger partial charge in [0.25, 0.3) is 0 Å². The second-order valence-corrected chi connectivity index (χ2v) is 8.77. The molecular weight excluding hydrogens is 426 g/mol.